The largest absolute Gasteiger partial charge is 0.373 e. The van der Waals surface area contributed by atoms with E-state index in [-0.39, 0.29) is 23.5 Å². The molecule has 9 heteroatoms. The van der Waals surface area contributed by atoms with Crippen molar-refractivity contribution < 1.29 is 18.3 Å². The van der Waals surface area contributed by atoms with Gasteiger partial charge in [-0.25, -0.2) is 18.7 Å². The molecule has 1 saturated heterocycles. The van der Waals surface area contributed by atoms with Crippen LogP contribution in [-0.4, -0.2) is 50.8 Å². The average Bonchev–Trinajstić information content (AvgIpc) is 3.36. The molecule has 2 aromatic heterocycles. The molecule has 4 heterocycles. The topological polar surface area (TPSA) is 73.1 Å². The van der Waals surface area contributed by atoms with Gasteiger partial charge in [-0.15, -0.1) is 0 Å². The Morgan fingerprint density at radius 3 is 2.80 bits per heavy atom. The van der Waals surface area contributed by atoms with Gasteiger partial charge in [0.2, 0.25) is 0 Å². The van der Waals surface area contributed by atoms with Crippen molar-refractivity contribution in [1.29, 1.82) is 0 Å². The Bertz CT molecular complexity index is 1260. The normalized spacial score (nSPS) is 21.2. The lowest BCUT2D eigenvalue weighted by Gasteiger charge is -2.30. The summed E-state index contributed by atoms with van der Waals surface area (Å²) in [7, 11) is 1.73. The summed E-state index contributed by atoms with van der Waals surface area (Å²) in [5.41, 5.74) is 2.46. The van der Waals surface area contributed by atoms with Crippen molar-refractivity contribution in [3.05, 3.63) is 64.9 Å². The number of hydrogen-bond acceptors (Lipinski definition) is 5. The summed E-state index contributed by atoms with van der Waals surface area (Å²) in [5.74, 6) is -1.15. The standard InChI is InChI=1S/C26H29F2N5O2/c1-4-15(2)33-14-17(13-29-33)22-11-16(8-10-35-22)25-30-23(19-6-5-18(27)12-21(19)28)20-7-9-32(3)26(34)24(20)31-25/h5-6,12-16,22H,4,7-11H2,1-3H3/t15?,16-,22+/m1/s1. The van der Waals surface area contributed by atoms with Gasteiger partial charge in [0.1, 0.15) is 23.2 Å². The molecule has 35 heavy (non-hydrogen) atoms. The Hall–Kier alpha value is -3.20. The van der Waals surface area contributed by atoms with Gasteiger partial charge in [-0.3, -0.25) is 9.48 Å². The van der Waals surface area contributed by atoms with Crippen molar-refractivity contribution in [1.82, 2.24) is 24.6 Å². The first-order valence-electron chi connectivity index (χ1n) is 12.1. The molecule has 184 valence electrons. The zero-order valence-electron chi connectivity index (χ0n) is 20.2. The summed E-state index contributed by atoms with van der Waals surface area (Å²) >= 11 is 0. The fraction of sp³-hybridized carbons (Fsp3) is 0.462. The number of halogens is 2. The van der Waals surface area contributed by atoms with Crippen LogP contribution in [0.5, 0.6) is 0 Å². The molecule has 0 spiro atoms. The van der Waals surface area contributed by atoms with Crippen LogP contribution in [0.4, 0.5) is 8.78 Å². The van der Waals surface area contributed by atoms with Gasteiger partial charge in [-0.1, -0.05) is 6.92 Å². The van der Waals surface area contributed by atoms with Gasteiger partial charge in [0.15, 0.2) is 0 Å². The second-order valence-electron chi connectivity index (χ2n) is 9.45. The maximum atomic E-state index is 14.8. The van der Waals surface area contributed by atoms with Crippen molar-refractivity contribution in [2.24, 2.45) is 0 Å². The van der Waals surface area contributed by atoms with Crippen LogP contribution >= 0.6 is 0 Å². The first kappa shape index (κ1) is 23.5. The second-order valence-corrected chi connectivity index (χ2v) is 9.45. The van der Waals surface area contributed by atoms with E-state index in [0.717, 1.165) is 18.1 Å². The smallest absolute Gasteiger partial charge is 0.272 e. The van der Waals surface area contributed by atoms with Crippen molar-refractivity contribution in [2.75, 3.05) is 20.2 Å². The molecular formula is C26H29F2N5O2. The van der Waals surface area contributed by atoms with Gasteiger partial charge < -0.3 is 9.64 Å². The molecule has 1 fully saturated rings. The highest BCUT2D eigenvalue weighted by Crippen LogP contribution is 2.38. The van der Waals surface area contributed by atoms with Crippen LogP contribution in [0.15, 0.2) is 30.6 Å². The van der Waals surface area contributed by atoms with E-state index in [4.69, 9.17) is 14.7 Å². The third kappa shape index (κ3) is 4.45. The minimum absolute atomic E-state index is 0.0757. The molecule has 0 saturated carbocycles. The minimum Gasteiger partial charge on any atom is -0.373 e. The third-order valence-corrected chi connectivity index (χ3v) is 7.14. The van der Waals surface area contributed by atoms with Crippen molar-refractivity contribution in [3.63, 3.8) is 0 Å². The number of hydrogen-bond donors (Lipinski definition) is 0. The summed E-state index contributed by atoms with van der Waals surface area (Å²) < 4.78 is 36.4. The molecule has 2 aliphatic heterocycles. The van der Waals surface area contributed by atoms with Crippen LogP contribution in [0.2, 0.25) is 0 Å². The lowest BCUT2D eigenvalue weighted by molar-refractivity contribution is 0.00385. The highest BCUT2D eigenvalue weighted by Gasteiger charge is 2.33. The van der Waals surface area contributed by atoms with Crippen LogP contribution in [0, 0.1) is 11.6 Å². The number of benzene rings is 1. The van der Waals surface area contributed by atoms with Gasteiger partial charge in [0, 0.05) is 61.1 Å². The van der Waals surface area contributed by atoms with E-state index in [1.54, 1.807) is 11.9 Å². The van der Waals surface area contributed by atoms with Crippen LogP contribution in [-0.2, 0) is 11.2 Å². The maximum Gasteiger partial charge on any atom is 0.272 e. The number of rotatable bonds is 5. The Morgan fingerprint density at radius 2 is 2.03 bits per heavy atom. The molecule has 0 N–H and O–H groups in total. The van der Waals surface area contributed by atoms with E-state index >= 15 is 0 Å². The predicted molar refractivity (Wildman–Crippen MR) is 126 cm³/mol. The van der Waals surface area contributed by atoms with E-state index in [1.165, 1.54) is 12.1 Å². The molecule has 7 nitrogen and oxygen atoms in total. The Labute approximate surface area is 203 Å². The van der Waals surface area contributed by atoms with E-state index in [9.17, 15) is 13.6 Å². The van der Waals surface area contributed by atoms with Gasteiger partial charge in [-0.05, 0) is 44.7 Å². The fourth-order valence-corrected chi connectivity index (χ4v) is 4.77. The number of nitrogens with zero attached hydrogens (tertiary/aromatic N) is 5. The predicted octanol–water partition coefficient (Wildman–Crippen LogP) is 4.85. The number of amides is 1. The van der Waals surface area contributed by atoms with Crippen molar-refractivity contribution >= 4 is 5.91 Å². The summed E-state index contributed by atoms with van der Waals surface area (Å²) in [6, 6.07) is 3.74. The maximum absolute atomic E-state index is 14.8. The monoisotopic (exact) mass is 481 g/mol. The number of aromatic nitrogens is 4. The molecule has 1 aromatic carbocycles. The minimum atomic E-state index is -0.703. The third-order valence-electron chi connectivity index (χ3n) is 7.14. The Balaban J connectivity index is 1.53. The molecule has 0 bridgehead atoms. The number of likely N-dealkylation sites (N-methyl/N-ethyl adjacent to an activating group) is 1. The Morgan fingerprint density at radius 1 is 1.23 bits per heavy atom. The van der Waals surface area contributed by atoms with E-state index < -0.39 is 11.6 Å². The van der Waals surface area contributed by atoms with Crippen LogP contribution in [0.25, 0.3) is 11.3 Å². The van der Waals surface area contributed by atoms with Gasteiger partial charge >= 0.3 is 0 Å². The first-order valence-corrected chi connectivity index (χ1v) is 12.1. The lowest BCUT2D eigenvalue weighted by Crippen LogP contribution is -2.36. The SMILES string of the molecule is CCC(C)n1cc([C@@H]2C[C@H](c3nc4c(c(-c5ccc(F)cc5F)n3)CCN(C)C4=O)CCO2)cn1. The highest BCUT2D eigenvalue weighted by atomic mass is 19.1. The summed E-state index contributed by atoms with van der Waals surface area (Å²) in [6.07, 6.45) is 6.48. The lowest BCUT2D eigenvalue weighted by atomic mass is 9.91. The quantitative estimate of drug-likeness (QED) is 0.521. The van der Waals surface area contributed by atoms with E-state index in [1.807, 2.05) is 17.1 Å². The molecule has 2 aliphatic rings. The molecule has 3 aromatic rings. The van der Waals surface area contributed by atoms with E-state index in [2.05, 4.69) is 18.9 Å². The number of carbonyl (C=O) groups excluding carboxylic acids is 1. The van der Waals surface area contributed by atoms with Gasteiger partial charge in [0.25, 0.3) is 5.91 Å². The average molecular weight is 482 g/mol. The zero-order chi connectivity index (χ0) is 24.7. The second kappa shape index (κ2) is 9.45. The fourth-order valence-electron chi connectivity index (χ4n) is 4.77. The molecule has 0 radical (unpaired) electrons. The Kier molecular flexibility index (Phi) is 6.35. The molecule has 1 amide bonds. The van der Waals surface area contributed by atoms with E-state index in [0.29, 0.717) is 61.2 Å². The number of carbonyl (C=O) groups is 1. The first-order chi connectivity index (χ1) is 16.9. The zero-order valence-corrected chi connectivity index (χ0v) is 20.2. The van der Waals surface area contributed by atoms with Crippen molar-refractivity contribution in [2.45, 2.75) is 57.6 Å². The van der Waals surface area contributed by atoms with Gasteiger partial charge in [-0.2, -0.15) is 5.10 Å². The van der Waals surface area contributed by atoms with Crippen LogP contribution < -0.4 is 0 Å². The summed E-state index contributed by atoms with van der Waals surface area (Å²) in [4.78, 5) is 24.1. The van der Waals surface area contributed by atoms with Crippen molar-refractivity contribution in [3.8, 4) is 11.3 Å². The molecular weight excluding hydrogens is 452 g/mol. The molecule has 5 rings (SSSR count). The highest BCUT2D eigenvalue weighted by molar-refractivity contribution is 5.96. The molecule has 3 atom stereocenters. The van der Waals surface area contributed by atoms with Crippen LogP contribution in [0.1, 0.15) is 78.6 Å². The summed E-state index contributed by atoms with van der Waals surface area (Å²) in [6.45, 7) is 5.24. The molecule has 1 unspecified atom stereocenters. The van der Waals surface area contributed by atoms with Crippen LogP contribution in [0.3, 0.4) is 0 Å². The number of ether oxygens (including phenoxy) is 1. The number of fused-ring (bicyclic) bond motifs is 1. The van der Waals surface area contributed by atoms with Gasteiger partial charge in [0.05, 0.1) is 18.0 Å². The molecule has 0 aliphatic carbocycles. The summed E-state index contributed by atoms with van der Waals surface area (Å²) in [5, 5.41) is 4.49.